The summed E-state index contributed by atoms with van der Waals surface area (Å²) in [6.45, 7) is 3.76. The van der Waals surface area contributed by atoms with Gasteiger partial charge in [0.25, 0.3) is 0 Å². The molecular formula is C15H18N2O2. The number of hydrogen-bond donors (Lipinski definition) is 0. The van der Waals surface area contributed by atoms with Gasteiger partial charge in [-0.25, -0.2) is 0 Å². The van der Waals surface area contributed by atoms with E-state index in [1.165, 1.54) is 7.11 Å². The van der Waals surface area contributed by atoms with Crippen LogP contribution in [0.3, 0.4) is 0 Å². The second-order valence-electron chi connectivity index (χ2n) is 5.00. The molecule has 1 aromatic rings. The van der Waals surface area contributed by atoms with Crippen molar-refractivity contribution >= 4 is 11.7 Å². The van der Waals surface area contributed by atoms with Gasteiger partial charge < -0.3 is 9.64 Å². The molecule has 2 atom stereocenters. The lowest BCUT2D eigenvalue weighted by molar-refractivity contribution is -0.147. The van der Waals surface area contributed by atoms with E-state index in [4.69, 9.17) is 10.00 Å². The number of hydrogen-bond acceptors (Lipinski definition) is 4. The Hall–Kier alpha value is -2.02. The highest BCUT2D eigenvalue weighted by Gasteiger charge is 2.31. The standard InChI is InChI=1S/C15H18N2O2/c1-11-10-17(8-7-14(11)15(18)19-2)13-5-3-12(9-16)4-6-13/h3-6,11,14H,7-8,10H2,1-2H3/t11-,14+/m0/s1. The minimum Gasteiger partial charge on any atom is -0.469 e. The van der Waals surface area contributed by atoms with Crippen LogP contribution < -0.4 is 4.90 Å². The Bertz CT molecular complexity index is 490. The Morgan fingerprint density at radius 2 is 2.11 bits per heavy atom. The highest BCUT2D eigenvalue weighted by Crippen LogP contribution is 2.28. The molecule has 19 heavy (non-hydrogen) atoms. The molecule has 4 nitrogen and oxygen atoms in total. The monoisotopic (exact) mass is 258 g/mol. The van der Waals surface area contributed by atoms with E-state index in [0.717, 1.165) is 25.2 Å². The highest BCUT2D eigenvalue weighted by atomic mass is 16.5. The molecule has 2 rings (SSSR count). The predicted octanol–water partition coefficient (Wildman–Crippen LogP) is 2.19. The average Bonchev–Trinajstić information content (AvgIpc) is 2.46. The predicted molar refractivity (Wildman–Crippen MR) is 72.7 cm³/mol. The first-order valence-corrected chi connectivity index (χ1v) is 6.48. The SMILES string of the molecule is COC(=O)[C@@H]1CCN(c2ccc(C#N)cc2)C[C@@H]1C. The number of carbonyl (C=O) groups is 1. The number of methoxy groups -OCH3 is 1. The number of piperidine rings is 1. The number of anilines is 1. The summed E-state index contributed by atoms with van der Waals surface area (Å²) in [4.78, 5) is 13.9. The number of rotatable bonds is 2. The van der Waals surface area contributed by atoms with Crippen LogP contribution in [0.1, 0.15) is 18.9 Å². The zero-order chi connectivity index (χ0) is 13.8. The van der Waals surface area contributed by atoms with Crippen LogP contribution >= 0.6 is 0 Å². The number of nitrogens with zero attached hydrogens (tertiary/aromatic N) is 2. The summed E-state index contributed by atoms with van der Waals surface area (Å²) in [7, 11) is 1.45. The van der Waals surface area contributed by atoms with Gasteiger partial charge in [0.2, 0.25) is 0 Å². The molecule has 0 radical (unpaired) electrons. The van der Waals surface area contributed by atoms with Crippen LogP contribution in [-0.4, -0.2) is 26.2 Å². The van der Waals surface area contributed by atoms with Crippen LogP contribution in [0.5, 0.6) is 0 Å². The topological polar surface area (TPSA) is 53.3 Å². The van der Waals surface area contributed by atoms with Crippen molar-refractivity contribution in [1.29, 1.82) is 5.26 Å². The molecule has 1 aromatic carbocycles. The number of esters is 1. The quantitative estimate of drug-likeness (QED) is 0.763. The van der Waals surface area contributed by atoms with Crippen LogP contribution in [0, 0.1) is 23.2 Å². The zero-order valence-electron chi connectivity index (χ0n) is 11.3. The Kier molecular flexibility index (Phi) is 4.06. The Labute approximate surface area is 113 Å². The third-order valence-corrected chi connectivity index (χ3v) is 3.77. The van der Waals surface area contributed by atoms with E-state index in [9.17, 15) is 4.79 Å². The van der Waals surface area contributed by atoms with Crippen LogP contribution in [0.4, 0.5) is 5.69 Å². The lowest BCUT2D eigenvalue weighted by Gasteiger charge is -2.37. The first-order valence-electron chi connectivity index (χ1n) is 6.48. The van der Waals surface area contributed by atoms with Gasteiger partial charge in [0, 0.05) is 18.8 Å². The molecule has 0 unspecified atom stereocenters. The van der Waals surface area contributed by atoms with Crippen LogP contribution in [-0.2, 0) is 9.53 Å². The fourth-order valence-electron chi connectivity index (χ4n) is 2.63. The van der Waals surface area contributed by atoms with Gasteiger partial charge in [-0.15, -0.1) is 0 Å². The van der Waals surface area contributed by atoms with Crippen molar-refractivity contribution in [2.75, 3.05) is 25.1 Å². The average molecular weight is 258 g/mol. The van der Waals surface area contributed by atoms with E-state index >= 15 is 0 Å². The number of carbonyl (C=O) groups excluding carboxylic acids is 1. The van der Waals surface area contributed by atoms with E-state index in [1.54, 1.807) is 0 Å². The maximum atomic E-state index is 11.6. The molecule has 0 saturated carbocycles. The maximum Gasteiger partial charge on any atom is 0.309 e. The van der Waals surface area contributed by atoms with Gasteiger partial charge in [-0.2, -0.15) is 5.26 Å². The molecule has 1 saturated heterocycles. The summed E-state index contributed by atoms with van der Waals surface area (Å²) in [5, 5.41) is 8.79. The third-order valence-electron chi connectivity index (χ3n) is 3.77. The second-order valence-corrected chi connectivity index (χ2v) is 5.00. The van der Waals surface area contributed by atoms with Crippen LogP contribution in [0.15, 0.2) is 24.3 Å². The molecule has 1 aliphatic heterocycles. The summed E-state index contributed by atoms with van der Waals surface area (Å²) in [6.07, 6.45) is 0.813. The minimum absolute atomic E-state index is 0.000341. The molecule has 0 amide bonds. The van der Waals surface area contributed by atoms with Crippen molar-refractivity contribution in [2.45, 2.75) is 13.3 Å². The largest absolute Gasteiger partial charge is 0.469 e. The lowest BCUT2D eigenvalue weighted by Crippen LogP contribution is -2.42. The van der Waals surface area contributed by atoms with Crippen LogP contribution in [0.25, 0.3) is 0 Å². The molecule has 1 heterocycles. The van der Waals surface area contributed by atoms with Gasteiger partial charge in [-0.05, 0) is 36.6 Å². The Balaban J connectivity index is 2.05. The molecule has 0 N–H and O–H groups in total. The fraction of sp³-hybridized carbons (Fsp3) is 0.467. The van der Waals surface area contributed by atoms with Crippen molar-refractivity contribution in [2.24, 2.45) is 11.8 Å². The summed E-state index contributed by atoms with van der Waals surface area (Å²) in [5.41, 5.74) is 1.77. The Morgan fingerprint density at radius 1 is 1.42 bits per heavy atom. The van der Waals surface area contributed by atoms with Gasteiger partial charge in [0.1, 0.15) is 0 Å². The van der Waals surface area contributed by atoms with Crippen molar-refractivity contribution < 1.29 is 9.53 Å². The zero-order valence-corrected chi connectivity index (χ0v) is 11.3. The van der Waals surface area contributed by atoms with E-state index in [-0.39, 0.29) is 17.8 Å². The van der Waals surface area contributed by atoms with Gasteiger partial charge in [0.15, 0.2) is 0 Å². The number of benzene rings is 1. The van der Waals surface area contributed by atoms with Crippen molar-refractivity contribution in [3.05, 3.63) is 29.8 Å². The van der Waals surface area contributed by atoms with E-state index < -0.39 is 0 Å². The molecule has 0 bridgehead atoms. The molecule has 100 valence electrons. The highest BCUT2D eigenvalue weighted by molar-refractivity contribution is 5.73. The number of ether oxygens (including phenoxy) is 1. The first-order chi connectivity index (χ1) is 9.15. The summed E-state index contributed by atoms with van der Waals surface area (Å²) < 4.78 is 4.84. The van der Waals surface area contributed by atoms with E-state index in [2.05, 4.69) is 17.9 Å². The molecule has 0 spiro atoms. The Morgan fingerprint density at radius 3 is 2.63 bits per heavy atom. The van der Waals surface area contributed by atoms with Gasteiger partial charge >= 0.3 is 5.97 Å². The minimum atomic E-state index is -0.105. The number of nitriles is 1. The molecule has 1 aliphatic rings. The molecule has 0 aromatic heterocycles. The van der Waals surface area contributed by atoms with Crippen molar-refractivity contribution in [3.8, 4) is 6.07 Å². The molecule has 1 fully saturated rings. The van der Waals surface area contributed by atoms with Crippen molar-refractivity contribution in [1.82, 2.24) is 0 Å². The van der Waals surface area contributed by atoms with Gasteiger partial charge in [-0.3, -0.25) is 4.79 Å². The van der Waals surface area contributed by atoms with Gasteiger partial charge in [-0.1, -0.05) is 6.92 Å². The van der Waals surface area contributed by atoms with Crippen molar-refractivity contribution in [3.63, 3.8) is 0 Å². The third kappa shape index (κ3) is 2.87. The molecule has 0 aliphatic carbocycles. The van der Waals surface area contributed by atoms with E-state index in [0.29, 0.717) is 5.56 Å². The summed E-state index contributed by atoms with van der Waals surface area (Å²) in [5.74, 6) is 0.170. The maximum absolute atomic E-state index is 11.6. The molecular weight excluding hydrogens is 240 g/mol. The van der Waals surface area contributed by atoms with E-state index in [1.807, 2.05) is 24.3 Å². The lowest BCUT2D eigenvalue weighted by atomic mass is 9.86. The normalized spacial score (nSPS) is 22.7. The molecule has 4 heteroatoms. The smallest absolute Gasteiger partial charge is 0.309 e. The summed E-state index contributed by atoms with van der Waals surface area (Å²) >= 11 is 0. The fourth-order valence-corrected chi connectivity index (χ4v) is 2.63. The second kappa shape index (κ2) is 5.75. The van der Waals surface area contributed by atoms with Crippen LogP contribution in [0.2, 0.25) is 0 Å². The van der Waals surface area contributed by atoms with Gasteiger partial charge in [0.05, 0.1) is 24.7 Å². The first kappa shape index (κ1) is 13.4. The summed E-state index contributed by atoms with van der Waals surface area (Å²) in [6, 6.07) is 9.69.